The monoisotopic (exact) mass is 613 g/mol. The zero-order chi connectivity index (χ0) is 31.9. The second-order valence-corrected chi connectivity index (χ2v) is 12.2. The lowest BCUT2D eigenvalue weighted by molar-refractivity contribution is 0.669. The Morgan fingerprint density at radius 2 is 0.854 bits per heavy atom. The highest BCUT2D eigenvalue weighted by atomic mass is 16.3. The molecule has 9 aromatic rings. The summed E-state index contributed by atoms with van der Waals surface area (Å²) in [5.41, 5.74) is 12.2. The van der Waals surface area contributed by atoms with E-state index in [-0.39, 0.29) is 0 Å². The van der Waals surface area contributed by atoms with E-state index < -0.39 is 0 Å². The lowest BCUT2D eigenvalue weighted by Gasteiger charge is -2.28. The van der Waals surface area contributed by atoms with Crippen LogP contribution in [-0.2, 0) is 0 Å². The van der Waals surface area contributed by atoms with Crippen LogP contribution in [0, 0.1) is 0 Å². The zero-order valence-corrected chi connectivity index (χ0v) is 26.3. The van der Waals surface area contributed by atoms with Gasteiger partial charge in [0.2, 0.25) is 0 Å². The van der Waals surface area contributed by atoms with Crippen molar-refractivity contribution in [2.24, 2.45) is 0 Å². The van der Waals surface area contributed by atoms with E-state index in [4.69, 9.17) is 4.42 Å². The van der Waals surface area contributed by atoms with Crippen molar-refractivity contribution in [2.45, 2.75) is 0 Å². The van der Waals surface area contributed by atoms with Crippen molar-refractivity contribution in [2.75, 3.05) is 4.90 Å². The van der Waals surface area contributed by atoms with Crippen molar-refractivity contribution in [1.82, 2.24) is 0 Å². The first-order chi connectivity index (χ1) is 23.8. The van der Waals surface area contributed by atoms with Crippen LogP contribution in [-0.4, -0.2) is 0 Å². The van der Waals surface area contributed by atoms with E-state index in [2.05, 4.69) is 193 Å². The third kappa shape index (κ3) is 5.01. The molecule has 0 aliphatic heterocycles. The Kier molecular flexibility index (Phi) is 6.84. The minimum atomic E-state index is 0.906. The fraction of sp³-hybridized carbons (Fsp3) is 0. The number of hydrogen-bond donors (Lipinski definition) is 0. The minimum absolute atomic E-state index is 0.906. The van der Waals surface area contributed by atoms with E-state index in [0.29, 0.717) is 0 Å². The second-order valence-electron chi connectivity index (χ2n) is 12.2. The van der Waals surface area contributed by atoms with Gasteiger partial charge in [0.15, 0.2) is 0 Å². The Labute approximate surface area is 279 Å². The smallest absolute Gasteiger partial charge is 0.136 e. The summed E-state index contributed by atoms with van der Waals surface area (Å²) in [7, 11) is 0. The maximum Gasteiger partial charge on any atom is 0.136 e. The maximum atomic E-state index is 6.28. The highest BCUT2D eigenvalue weighted by Gasteiger charge is 2.18. The van der Waals surface area contributed by atoms with Gasteiger partial charge in [0, 0.05) is 27.7 Å². The first-order valence-corrected chi connectivity index (χ1v) is 16.3. The number of fused-ring (bicyclic) bond motifs is 4. The molecule has 0 saturated carbocycles. The van der Waals surface area contributed by atoms with Crippen molar-refractivity contribution in [1.29, 1.82) is 0 Å². The van der Waals surface area contributed by atoms with Crippen LogP contribution in [0.2, 0.25) is 0 Å². The van der Waals surface area contributed by atoms with Gasteiger partial charge >= 0.3 is 0 Å². The lowest BCUT2D eigenvalue weighted by Crippen LogP contribution is -2.11. The van der Waals surface area contributed by atoms with Crippen molar-refractivity contribution in [3.8, 4) is 33.4 Å². The summed E-state index contributed by atoms with van der Waals surface area (Å²) in [5.74, 6) is 0. The maximum absolute atomic E-state index is 6.28. The van der Waals surface area contributed by atoms with Gasteiger partial charge in [0.1, 0.15) is 11.2 Å². The molecule has 1 heterocycles. The fourth-order valence-corrected chi connectivity index (χ4v) is 6.84. The van der Waals surface area contributed by atoms with Gasteiger partial charge in [0.05, 0.1) is 5.69 Å². The molecular formula is C46H31NO. The van der Waals surface area contributed by atoms with Crippen LogP contribution in [0.3, 0.4) is 0 Å². The molecule has 1 aromatic heterocycles. The highest BCUT2D eigenvalue weighted by Crippen LogP contribution is 2.43. The van der Waals surface area contributed by atoms with Crippen LogP contribution in [0.5, 0.6) is 0 Å². The van der Waals surface area contributed by atoms with Crippen LogP contribution in [0.1, 0.15) is 0 Å². The van der Waals surface area contributed by atoms with E-state index in [9.17, 15) is 0 Å². The number of anilines is 3. The molecule has 0 spiro atoms. The third-order valence-corrected chi connectivity index (χ3v) is 9.24. The molecule has 0 aliphatic carbocycles. The molecule has 0 unspecified atom stereocenters. The van der Waals surface area contributed by atoms with E-state index in [0.717, 1.165) is 50.1 Å². The molecule has 0 aliphatic rings. The number of rotatable bonds is 6. The normalized spacial score (nSPS) is 11.3. The van der Waals surface area contributed by atoms with Gasteiger partial charge < -0.3 is 9.32 Å². The molecule has 0 N–H and O–H groups in total. The van der Waals surface area contributed by atoms with E-state index in [1.807, 2.05) is 0 Å². The van der Waals surface area contributed by atoms with Gasteiger partial charge in [-0.1, -0.05) is 127 Å². The SMILES string of the molecule is c1ccc(-c2ccc(N(c3ccccc3)c3ccc(-c4ccc5oc6cc7ccccc7cc6c5c4)cc3)c(-c3ccccc3)c2)cc1. The van der Waals surface area contributed by atoms with Crippen LogP contribution in [0.4, 0.5) is 17.1 Å². The predicted molar refractivity (Wildman–Crippen MR) is 202 cm³/mol. The average molecular weight is 614 g/mol. The predicted octanol–water partition coefficient (Wildman–Crippen LogP) is 13.2. The van der Waals surface area contributed by atoms with E-state index >= 15 is 0 Å². The van der Waals surface area contributed by atoms with Gasteiger partial charge in [-0.25, -0.2) is 0 Å². The Morgan fingerprint density at radius 3 is 1.58 bits per heavy atom. The first kappa shape index (κ1) is 27.9. The Hall–Kier alpha value is -6.38. The summed E-state index contributed by atoms with van der Waals surface area (Å²) < 4.78 is 6.28. The number of furan rings is 1. The summed E-state index contributed by atoms with van der Waals surface area (Å²) in [5, 5.41) is 4.68. The Morgan fingerprint density at radius 1 is 0.333 bits per heavy atom. The molecule has 48 heavy (non-hydrogen) atoms. The van der Waals surface area contributed by atoms with Crippen molar-refractivity contribution < 1.29 is 4.42 Å². The lowest BCUT2D eigenvalue weighted by atomic mass is 9.96. The van der Waals surface area contributed by atoms with Gasteiger partial charge in [0.25, 0.3) is 0 Å². The largest absolute Gasteiger partial charge is 0.456 e. The molecule has 0 atom stereocenters. The number of para-hydroxylation sites is 1. The molecule has 2 heteroatoms. The Balaban J connectivity index is 1.15. The standard InChI is InChI=1S/C46H31NO/c1-4-12-32(13-5-1)37-22-26-44(41(28-37)34-14-6-2-7-15-34)47(39-18-8-3-9-19-39)40-24-20-33(21-25-40)38-23-27-45-42(30-38)43-29-35-16-10-11-17-36(35)31-46(43)48-45/h1-31H. The van der Waals surface area contributed by atoms with E-state index in [1.165, 1.54) is 33.0 Å². The first-order valence-electron chi connectivity index (χ1n) is 16.3. The van der Waals surface area contributed by atoms with Gasteiger partial charge in [-0.15, -0.1) is 0 Å². The summed E-state index contributed by atoms with van der Waals surface area (Å²) in [4.78, 5) is 2.36. The van der Waals surface area contributed by atoms with Gasteiger partial charge in [-0.05, 0) is 99.3 Å². The topological polar surface area (TPSA) is 16.4 Å². The van der Waals surface area contributed by atoms with E-state index in [1.54, 1.807) is 0 Å². The highest BCUT2D eigenvalue weighted by molar-refractivity contribution is 6.11. The second kappa shape index (κ2) is 11.8. The summed E-state index contributed by atoms with van der Waals surface area (Å²) >= 11 is 0. The molecule has 9 rings (SSSR count). The quantitative estimate of drug-likeness (QED) is 0.185. The summed E-state index contributed by atoms with van der Waals surface area (Å²) in [6.07, 6.45) is 0. The van der Waals surface area contributed by atoms with Crippen molar-refractivity contribution in [3.63, 3.8) is 0 Å². The minimum Gasteiger partial charge on any atom is -0.456 e. The number of hydrogen-bond acceptors (Lipinski definition) is 2. The molecule has 2 nitrogen and oxygen atoms in total. The average Bonchev–Trinajstić information content (AvgIpc) is 3.52. The van der Waals surface area contributed by atoms with Crippen LogP contribution < -0.4 is 4.90 Å². The van der Waals surface area contributed by atoms with Gasteiger partial charge in [-0.2, -0.15) is 0 Å². The molecule has 0 fully saturated rings. The van der Waals surface area contributed by atoms with Gasteiger partial charge in [-0.3, -0.25) is 0 Å². The molecule has 0 saturated heterocycles. The summed E-state index contributed by atoms with van der Waals surface area (Å²) in [6.45, 7) is 0. The molecule has 8 aromatic carbocycles. The number of benzene rings is 8. The van der Waals surface area contributed by atoms with Crippen molar-refractivity contribution >= 4 is 49.8 Å². The molecule has 0 amide bonds. The zero-order valence-electron chi connectivity index (χ0n) is 26.3. The van der Waals surface area contributed by atoms with Crippen LogP contribution in [0.25, 0.3) is 66.1 Å². The molecule has 226 valence electrons. The van der Waals surface area contributed by atoms with Crippen LogP contribution in [0.15, 0.2) is 192 Å². The summed E-state index contributed by atoms with van der Waals surface area (Å²) in [6, 6.07) is 67.0. The molecular weight excluding hydrogens is 583 g/mol. The van der Waals surface area contributed by atoms with Crippen molar-refractivity contribution in [3.05, 3.63) is 188 Å². The number of nitrogens with zero attached hydrogens (tertiary/aromatic N) is 1. The third-order valence-electron chi connectivity index (χ3n) is 9.24. The molecule has 0 bridgehead atoms. The Bertz CT molecular complexity index is 2530. The fourth-order valence-electron chi connectivity index (χ4n) is 6.84. The van der Waals surface area contributed by atoms with Crippen LogP contribution >= 0.6 is 0 Å². The molecule has 0 radical (unpaired) electrons.